The lowest BCUT2D eigenvalue weighted by atomic mass is 10.2. The molecule has 1 aromatic rings. The summed E-state index contributed by atoms with van der Waals surface area (Å²) in [5.41, 5.74) is 0.921. The fourth-order valence-electron chi connectivity index (χ4n) is 2.18. The van der Waals surface area contributed by atoms with Gasteiger partial charge in [0.15, 0.2) is 0 Å². The Kier molecular flexibility index (Phi) is 12.7. The predicted molar refractivity (Wildman–Crippen MR) is 112 cm³/mol. The molecule has 0 saturated carbocycles. The molecule has 1 aromatic carbocycles. The Morgan fingerprint density at radius 2 is 1.57 bits per heavy atom. The van der Waals surface area contributed by atoms with Gasteiger partial charge in [0.05, 0.1) is 6.08 Å². The number of Topliss-reactive ketones (excluding diaryl/α,β-unsaturated/α-hetero) is 2. The first-order valence-electron chi connectivity index (χ1n) is 9.88. The zero-order valence-electron chi connectivity index (χ0n) is 18.7. The van der Waals surface area contributed by atoms with E-state index in [1.807, 2.05) is 44.2 Å². The van der Waals surface area contributed by atoms with Crippen molar-refractivity contribution in [2.75, 3.05) is 0 Å². The molecule has 0 unspecified atom stereocenters. The van der Waals surface area contributed by atoms with Gasteiger partial charge in [-0.1, -0.05) is 44.2 Å². The molecule has 1 heterocycles. The first-order chi connectivity index (χ1) is 14.1. The van der Waals surface area contributed by atoms with E-state index in [0.29, 0.717) is 18.6 Å². The number of ketones is 2. The second kappa shape index (κ2) is 14.1. The van der Waals surface area contributed by atoms with Gasteiger partial charge in [-0.3, -0.25) is 9.59 Å². The summed E-state index contributed by atoms with van der Waals surface area (Å²) in [5.74, 6) is -1.39. The van der Waals surface area contributed by atoms with Crippen LogP contribution in [0.4, 0.5) is 0 Å². The van der Waals surface area contributed by atoms with Gasteiger partial charge in [-0.05, 0) is 19.4 Å². The van der Waals surface area contributed by atoms with Crippen LogP contribution in [0.15, 0.2) is 42.2 Å². The molecule has 1 aliphatic heterocycles. The lowest BCUT2D eigenvalue weighted by molar-refractivity contribution is -0.206. The van der Waals surface area contributed by atoms with Crippen molar-refractivity contribution in [3.05, 3.63) is 47.7 Å². The normalized spacial score (nSPS) is 13.7. The molecule has 0 atom stereocenters. The standard InChI is InChI=1S/C11H12O3.C10H14O4.C2H6/c1-9(12)7-11(13)14-8-10-5-3-2-4-6-10;1-7(11)4-5-8-6-9(12)14-10(2,3)13-8;1-2/h2-6H,7-8H2,1H3;6H,4-5H2,1-3H3;1-2H3. The second-order valence-corrected chi connectivity index (χ2v) is 6.76. The van der Waals surface area contributed by atoms with Crippen molar-refractivity contribution in [3.63, 3.8) is 0 Å². The molecule has 30 heavy (non-hydrogen) atoms. The first kappa shape index (κ1) is 27.0. The zero-order valence-corrected chi connectivity index (χ0v) is 18.7. The number of ether oxygens (including phenoxy) is 3. The third-order valence-corrected chi connectivity index (χ3v) is 3.36. The van der Waals surface area contributed by atoms with Crippen LogP contribution in [0.5, 0.6) is 0 Å². The van der Waals surface area contributed by atoms with Crippen LogP contribution >= 0.6 is 0 Å². The molecule has 0 spiro atoms. The summed E-state index contributed by atoms with van der Waals surface area (Å²) >= 11 is 0. The molecule has 0 aromatic heterocycles. The van der Waals surface area contributed by atoms with Crippen LogP contribution in [0.3, 0.4) is 0 Å². The Labute approximate surface area is 178 Å². The van der Waals surface area contributed by atoms with Crippen molar-refractivity contribution in [3.8, 4) is 0 Å². The van der Waals surface area contributed by atoms with Crippen molar-refractivity contribution in [1.29, 1.82) is 0 Å². The maximum Gasteiger partial charge on any atom is 0.337 e. The number of rotatable bonds is 7. The highest BCUT2D eigenvalue weighted by molar-refractivity contribution is 5.94. The highest BCUT2D eigenvalue weighted by Crippen LogP contribution is 2.24. The van der Waals surface area contributed by atoms with Gasteiger partial charge in [-0.2, -0.15) is 0 Å². The van der Waals surface area contributed by atoms with E-state index in [0.717, 1.165) is 5.56 Å². The fraction of sp³-hybridized carbons (Fsp3) is 0.478. The molecule has 0 N–H and O–H groups in total. The smallest absolute Gasteiger partial charge is 0.337 e. The number of allylic oxidation sites excluding steroid dienone is 1. The Morgan fingerprint density at radius 1 is 0.967 bits per heavy atom. The fourth-order valence-corrected chi connectivity index (χ4v) is 2.18. The van der Waals surface area contributed by atoms with E-state index >= 15 is 0 Å². The van der Waals surface area contributed by atoms with Gasteiger partial charge in [0.25, 0.3) is 0 Å². The molecule has 2 rings (SSSR count). The Morgan fingerprint density at radius 3 is 2.07 bits per heavy atom. The van der Waals surface area contributed by atoms with E-state index in [2.05, 4.69) is 0 Å². The van der Waals surface area contributed by atoms with Gasteiger partial charge in [-0.15, -0.1) is 0 Å². The lowest BCUT2D eigenvalue weighted by Gasteiger charge is -2.30. The number of carbonyl (C=O) groups is 4. The molecule has 0 aliphatic carbocycles. The van der Waals surface area contributed by atoms with Crippen LogP contribution in [-0.2, 0) is 40.0 Å². The van der Waals surface area contributed by atoms with Crippen molar-refractivity contribution in [1.82, 2.24) is 0 Å². The molecule has 0 bridgehead atoms. The maximum absolute atomic E-state index is 11.1. The number of benzene rings is 1. The molecular weight excluding hydrogens is 388 g/mol. The highest BCUT2D eigenvalue weighted by atomic mass is 16.7. The maximum atomic E-state index is 11.1. The average molecular weight is 421 g/mol. The molecule has 0 radical (unpaired) electrons. The number of esters is 2. The molecule has 0 fully saturated rings. The molecular formula is C23H32O7. The van der Waals surface area contributed by atoms with Gasteiger partial charge in [0.1, 0.15) is 30.4 Å². The summed E-state index contributed by atoms with van der Waals surface area (Å²) in [6.45, 7) is 10.4. The van der Waals surface area contributed by atoms with Crippen molar-refractivity contribution < 1.29 is 33.4 Å². The van der Waals surface area contributed by atoms with Crippen LogP contribution in [0.25, 0.3) is 0 Å². The SMILES string of the molecule is CC.CC(=O)CC(=O)OCc1ccccc1.CC(=O)CCC1=CC(=O)OC(C)(C)O1. The van der Waals surface area contributed by atoms with E-state index in [9.17, 15) is 19.2 Å². The molecule has 1 aliphatic rings. The first-order valence-corrected chi connectivity index (χ1v) is 9.88. The largest absolute Gasteiger partial charge is 0.460 e. The number of cyclic esters (lactones) is 1. The highest BCUT2D eigenvalue weighted by Gasteiger charge is 2.29. The molecule has 0 amide bonds. The van der Waals surface area contributed by atoms with E-state index in [1.165, 1.54) is 19.9 Å². The van der Waals surface area contributed by atoms with Gasteiger partial charge in [0.2, 0.25) is 5.79 Å². The summed E-state index contributed by atoms with van der Waals surface area (Å²) in [7, 11) is 0. The average Bonchev–Trinajstić information content (AvgIpc) is 2.66. The zero-order chi connectivity index (χ0) is 23.2. The molecule has 7 heteroatoms. The van der Waals surface area contributed by atoms with Gasteiger partial charge in [0, 0.05) is 26.7 Å². The van der Waals surface area contributed by atoms with Crippen LogP contribution in [0.1, 0.15) is 66.4 Å². The van der Waals surface area contributed by atoms with Gasteiger partial charge >= 0.3 is 11.9 Å². The van der Waals surface area contributed by atoms with Crippen LogP contribution in [0, 0.1) is 0 Å². The summed E-state index contributed by atoms with van der Waals surface area (Å²) in [6, 6.07) is 9.35. The Balaban J connectivity index is 0.000000518. The molecule has 7 nitrogen and oxygen atoms in total. The van der Waals surface area contributed by atoms with Crippen molar-refractivity contribution >= 4 is 23.5 Å². The quantitative estimate of drug-likeness (QED) is 0.480. The third-order valence-electron chi connectivity index (χ3n) is 3.36. The minimum Gasteiger partial charge on any atom is -0.460 e. The molecule has 166 valence electrons. The Hall–Kier alpha value is -2.96. The van der Waals surface area contributed by atoms with Gasteiger partial charge in [-0.25, -0.2) is 4.79 Å². The minimum absolute atomic E-state index is 0.0752. The topological polar surface area (TPSA) is 96.0 Å². The summed E-state index contributed by atoms with van der Waals surface area (Å²) < 4.78 is 15.1. The van der Waals surface area contributed by atoms with Crippen LogP contribution in [-0.4, -0.2) is 29.3 Å². The number of hydrogen-bond acceptors (Lipinski definition) is 7. The van der Waals surface area contributed by atoms with Gasteiger partial charge < -0.3 is 19.0 Å². The lowest BCUT2D eigenvalue weighted by Crippen LogP contribution is -2.34. The van der Waals surface area contributed by atoms with Crippen LogP contribution < -0.4 is 0 Å². The van der Waals surface area contributed by atoms with E-state index in [1.54, 1.807) is 13.8 Å². The minimum atomic E-state index is -0.919. The summed E-state index contributed by atoms with van der Waals surface area (Å²) in [5, 5.41) is 0. The Bertz CT molecular complexity index is 733. The summed E-state index contributed by atoms with van der Waals surface area (Å²) in [6.07, 6.45) is 1.98. The van der Waals surface area contributed by atoms with E-state index < -0.39 is 17.7 Å². The van der Waals surface area contributed by atoms with E-state index in [4.69, 9.17) is 14.2 Å². The van der Waals surface area contributed by atoms with Crippen molar-refractivity contribution in [2.45, 2.75) is 73.2 Å². The second-order valence-electron chi connectivity index (χ2n) is 6.76. The summed E-state index contributed by atoms with van der Waals surface area (Å²) in [4.78, 5) is 43.3. The predicted octanol–water partition coefficient (Wildman–Crippen LogP) is 4.28. The number of hydrogen-bond donors (Lipinski definition) is 0. The third kappa shape index (κ3) is 13.3. The van der Waals surface area contributed by atoms with Crippen molar-refractivity contribution in [2.24, 2.45) is 0 Å². The molecule has 0 saturated heterocycles. The van der Waals surface area contributed by atoms with E-state index in [-0.39, 0.29) is 24.6 Å². The van der Waals surface area contributed by atoms with Crippen LogP contribution in [0.2, 0.25) is 0 Å². The monoisotopic (exact) mass is 420 g/mol. The number of carbonyl (C=O) groups excluding carboxylic acids is 4.